The average Bonchev–Trinajstić information content (AvgIpc) is 2.34. The van der Waals surface area contributed by atoms with Crippen molar-refractivity contribution in [1.82, 2.24) is 9.97 Å². The van der Waals surface area contributed by atoms with Crippen molar-refractivity contribution in [3.05, 3.63) is 30.5 Å². The Bertz CT molecular complexity index is 576. The van der Waals surface area contributed by atoms with Crippen LogP contribution < -0.4 is 4.90 Å². The molecule has 0 bridgehead atoms. The number of benzene rings is 1. The number of para-hydroxylation sites is 1. The van der Waals surface area contributed by atoms with Gasteiger partial charge >= 0.3 is 0 Å². The van der Waals surface area contributed by atoms with Crippen LogP contribution in [0.1, 0.15) is 13.8 Å². The number of rotatable bonds is 2. The molecule has 1 fully saturated rings. The van der Waals surface area contributed by atoms with Gasteiger partial charge in [0.25, 0.3) is 0 Å². The highest BCUT2D eigenvalue weighted by molar-refractivity contribution is 5.78. The Balaban J connectivity index is 1.85. The maximum absolute atomic E-state index is 10.2. The minimum atomic E-state index is -0.588. The van der Waals surface area contributed by atoms with Crippen LogP contribution in [0.5, 0.6) is 0 Å². The van der Waals surface area contributed by atoms with E-state index in [2.05, 4.69) is 9.97 Å². The summed E-state index contributed by atoms with van der Waals surface area (Å²) >= 11 is 0. The van der Waals surface area contributed by atoms with E-state index >= 15 is 0 Å². The fourth-order valence-electron chi connectivity index (χ4n) is 2.24. The second-order valence-electron chi connectivity index (χ2n) is 5.34. The molecule has 0 atom stereocenters. The molecule has 4 heteroatoms. The molecule has 4 nitrogen and oxygen atoms in total. The molecule has 0 saturated carbocycles. The summed E-state index contributed by atoms with van der Waals surface area (Å²) in [5, 5.41) is 11.3. The largest absolute Gasteiger partial charge is 0.386 e. The summed E-state index contributed by atoms with van der Waals surface area (Å²) in [5.74, 6) is 0.966. The lowest BCUT2D eigenvalue weighted by atomic mass is 9.83. The van der Waals surface area contributed by atoms with Crippen molar-refractivity contribution in [2.24, 2.45) is 5.92 Å². The third-order valence-electron chi connectivity index (χ3n) is 3.76. The van der Waals surface area contributed by atoms with Crippen LogP contribution in [0.15, 0.2) is 30.5 Å². The van der Waals surface area contributed by atoms with Gasteiger partial charge in [0.1, 0.15) is 5.60 Å². The summed E-state index contributed by atoms with van der Waals surface area (Å²) in [7, 11) is 0. The molecule has 0 radical (unpaired) electrons. The molecule has 2 aromatic rings. The molecule has 1 N–H and O–H groups in total. The molecule has 0 spiro atoms. The standard InChI is InChI=1S/C14H17N3O/c1-10(2)14(18)8-17(9-14)13-15-7-11-5-3-4-6-12(11)16-13/h3-7,10,18H,8-9H2,1-2H3. The Kier molecular flexibility index (Phi) is 2.48. The summed E-state index contributed by atoms with van der Waals surface area (Å²) in [6, 6.07) is 7.93. The van der Waals surface area contributed by atoms with Crippen molar-refractivity contribution in [1.29, 1.82) is 0 Å². The molecule has 0 unspecified atom stereocenters. The van der Waals surface area contributed by atoms with E-state index in [0.29, 0.717) is 19.0 Å². The summed E-state index contributed by atoms with van der Waals surface area (Å²) in [6.45, 7) is 5.31. The van der Waals surface area contributed by atoms with Crippen molar-refractivity contribution in [2.45, 2.75) is 19.4 Å². The first kappa shape index (κ1) is 11.4. The molecule has 0 aliphatic carbocycles. The Hall–Kier alpha value is -1.68. The molecule has 0 amide bonds. The van der Waals surface area contributed by atoms with E-state index in [0.717, 1.165) is 10.9 Å². The first-order valence-electron chi connectivity index (χ1n) is 6.28. The average molecular weight is 243 g/mol. The van der Waals surface area contributed by atoms with E-state index in [1.54, 1.807) is 0 Å². The summed E-state index contributed by atoms with van der Waals surface area (Å²) in [6.07, 6.45) is 1.84. The van der Waals surface area contributed by atoms with Crippen molar-refractivity contribution in [3.63, 3.8) is 0 Å². The second kappa shape index (κ2) is 3.92. The maximum Gasteiger partial charge on any atom is 0.226 e. The van der Waals surface area contributed by atoms with Gasteiger partial charge in [-0.15, -0.1) is 0 Å². The molecular weight excluding hydrogens is 226 g/mol. The van der Waals surface area contributed by atoms with Gasteiger partial charge in [-0.25, -0.2) is 9.97 Å². The number of β-amino-alcohol motifs (C(OH)–C–C–N with tert-alkyl or cyclic N) is 1. The summed E-state index contributed by atoms with van der Waals surface area (Å²) in [4.78, 5) is 10.9. The van der Waals surface area contributed by atoms with E-state index in [1.807, 2.05) is 49.2 Å². The van der Waals surface area contributed by atoms with Gasteiger partial charge in [-0.3, -0.25) is 0 Å². The third-order valence-corrected chi connectivity index (χ3v) is 3.76. The Labute approximate surface area is 106 Å². The second-order valence-corrected chi connectivity index (χ2v) is 5.34. The molecule has 1 aromatic carbocycles. The normalized spacial score (nSPS) is 18.1. The molecule has 3 rings (SSSR count). The molecule has 1 aliphatic heterocycles. The molecule has 94 valence electrons. The number of aromatic nitrogens is 2. The zero-order valence-corrected chi connectivity index (χ0v) is 10.7. The molecule has 1 saturated heterocycles. The van der Waals surface area contributed by atoms with Gasteiger partial charge in [-0.05, 0) is 12.0 Å². The van der Waals surface area contributed by atoms with Gasteiger partial charge in [-0.2, -0.15) is 0 Å². The van der Waals surface area contributed by atoms with E-state index in [-0.39, 0.29) is 5.92 Å². The van der Waals surface area contributed by atoms with E-state index in [4.69, 9.17) is 0 Å². The first-order chi connectivity index (χ1) is 8.58. The predicted molar refractivity (Wildman–Crippen MR) is 71.5 cm³/mol. The van der Waals surface area contributed by atoms with E-state index in [1.165, 1.54) is 0 Å². The van der Waals surface area contributed by atoms with Gasteiger partial charge < -0.3 is 10.0 Å². The van der Waals surface area contributed by atoms with Gasteiger partial charge in [-0.1, -0.05) is 32.0 Å². The van der Waals surface area contributed by atoms with Crippen molar-refractivity contribution < 1.29 is 5.11 Å². The Morgan fingerprint density at radius 1 is 1.28 bits per heavy atom. The van der Waals surface area contributed by atoms with Crippen LogP contribution in [0.25, 0.3) is 10.9 Å². The van der Waals surface area contributed by atoms with Crippen LogP contribution in [-0.2, 0) is 0 Å². The molecule has 18 heavy (non-hydrogen) atoms. The molecule has 1 aromatic heterocycles. The van der Waals surface area contributed by atoms with E-state index in [9.17, 15) is 5.11 Å². The van der Waals surface area contributed by atoms with Gasteiger partial charge in [0.15, 0.2) is 0 Å². The minimum absolute atomic E-state index is 0.259. The SMILES string of the molecule is CC(C)C1(O)CN(c2ncc3ccccc3n2)C1. The van der Waals surface area contributed by atoms with Crippen LogP contribution in [0.3, 0.4) is 0 Å². The highest BCUT2D eigenvalue weighted by Crippen LogP contribution is 2.31. The highest BCUT2D eigenvalue weighted by atomic mass is 16.3. The maximum atomic E-state index is 10.2. The molecule has 1 aliphatic rings. The fourth-order valence-corrected chi connectivity index (χ4v) is 2.24. The zero-order valence-electron chi connectivity index (χ0n) is 10.7. The number of nitrogens with zero attached hydrogens (tertiary/aromatic N) is 3. The van der Waals surface area contributed by atoms with Gasteiger partial charge in [0.2, 0.25) is 5.95 Å². The lowest BCUT2D eigenvalue weighted by molar-refractivity contribution is -0.0308. The van der Waals surface area contributed by atoms with Crippen LogP contribution in [0, 0.1) is 5.92 Å². The molecule has 2 heterocycles. The zero-order chi connectivity index (χ0) is 12.8. The monoisotopic (exact) mass is 243 g/mol. The van der Waals surface area contributed by atoms with Crippen LogP contribution in [0.2, 0.25) is 0 Å². The highest BCUT2D eigenvalue weighted by Gasteiger charge is 2.44. The number of aliphatic hydroxyl groups is 1. The number of hydrogen-bond donors (Lipinski definition) is 1. The Morgan fingerprint density at radius 2 is 2.00 bits per heavy atom. The van der Waals surface area contributed by atoms with Crippen molar-refractivity contribution in [3.8, 4) is 0 Å². The predicted octanol–water partition coefficient (Wildman–Crippen LogP) is 1.84. The lowest BCUT2D eigenvalue weighted by Crippen LogP contribution is -2.65. The smallest absolute Gasteiger partial charge is 0.226 e. The van der Waals surface area contributed by atoms with Gasteiger partial charge in [0, 0.05) is 11.6 Å². The topological polar surface area (TPSA) is 49.2 Å². The number of anilines is 1. The lowest BCUT2D eigenvalue weighted by Gasteiger charge is -2.48. The quantitative estimate of drug-likeness (QED) is 0.874. The van der Waals surface area contributed by atoms with E-state index < -0.39 is 5.60 Å². The summed E-state index contributed by atoms with van der Waals surface area (Å²) in [5.41, 5.74) is 0.358. The number of hydrogen-bond acceptors (Lipinski definition) is 4. The fraction of sp³-hybridized carbons (Fsp3) is 0.429. The Morgan fingerprint density at radius 3 is 2.72 bits per heavy atom. The summed E-state index contributed by atoms with van der Waals surface area (Å²) < 4.78 is 0. The first-order valence-corrected chi connectivity index (χ1v) is 6.28. The van der Waals surface area contributed by atoms with Crippen molar-refractivity contribution in [2.75, 3.05) is 18.0 Å². The van der Waals surface area contributed by atoms with Gasteiger partial charge in [0.05, 0.1) is 18.6 Å². The number of fused-ring (bicyclic) bond motifs is 1. The van der Waals surface area contributed by atoms with Crippen LogP contribution in [0.4, 0.5) is 5.95 Å². The van der Waals surface area contributed by atoms with Crippen LogP contribution >= 0.6 is 0 Å². The van der Waals surface area contributed by atoms with Crippen molar-refractivity contribution >= 4 is 16.9 Å². The third kappa shape index (κ3) is 1.73. The van der Waals surface area contributed by atoms with Crippen LogP contribution in [-0.4, -0.2) is 33.8 Å². The minimum Gasteiger partial charge on any atom is -0.386 e. The molecular formula is C14H17N3O.